The first-order chi connectivity index (χ1) is 17.0. The molecular weight excluding hydrogens is 458 g/mol. The third kappa shape index (κ3) is 4.73. The largest absolute Gasteiger partial charge is 0.495 e. The van der Waals surface area contributed by atoms with Gasteiger partial charge in [0.25, 0.3) is 0 Å². The maximum atomic E-state index is 13.6. The number of amides is 1. The van der Waals surface area contributed by atoms with E-state index < -0.39 is 0 Å². The van der Waals surface area contributed by atoms with E-state index in [-0.39, 0.29) is 11.8 Å². The highest BCUT2D eigenvalue weighted by atomic mass is 35.5. The van der Waals surface area contributed by atoms with Gasteiger partial charge in [-0.25, -0.2) is 0 Å². The standard InChI is InChI=1S/C29H30ClN3O2/c1-31-20-25(23-7-3-4-8-26(23)31)24(21-11-13-22(30)14-12-21)19-29(34)33-17-15-32(16-18-33)27-9-5-6-10-28(27)35-2/h3-14,20,24H,15-19H2,1-2H3. The van der Waals surface area contributed by atoms with Crippen molar-refractivity contribution in [3.63, 3.8) is 0 Å². The van der Waals surface area contributed by atoms with Crippen LogP contribution in [0, 0.1) is 0 Å². The van der Waals surface area contributed by atoms with Crippen molar-refractivity contribution in [3.05, 3.63) is 95.1 Å². The van der Waals surface area contributed by atoms with Gasteiger partial charge in [-0.3, -0.25) is 4.79 Å². The van der Waals surface area contributed by atoms with Crippen molar-refractivity contribution in [2.24, 2.45) is 7.05 Å². The second kappa shape index (κ2) is 10.0. The maximum Gasteiger partial charge on any atom is 0.223 e. The summed E-state index contributed by atoms with van der Waals surface area (Å²) in [5.74, 6) is 1.00. The van der Waals surface area contributed by atoms with Crippen LogP contribution in [0.5, 0.6) is 5.75 Å². The first-order valence-electron chi connectivity index (χ1n) is 12.0. The van der Waals surface area contributed by atoms with Crippen molar-refractivity contribution < 1.29 is 9.53 Å². The van der Waals surface area contributed by atoms with Gasteiger partial charge in [0.2, 0.25) is 5.91 Å². The highest BCUT2D eigenvalue weighted by molar-refractivity contribution is 6.30. The molecule has 1 amide bonds. The van der Waals surface area contributed by atoms with E-state index in [1.807, 2.05) is 47.4 Å². The summed E-state index contributed by atoms with van der Waals surface area (Å²) in [5, 5.41) is 1.88. The van der Waals surface area contributed by atoms with Gasteiger partial charge in [0, 0.05) is 67.7 Å². The van der Waals surface area contributed by atoms with E-state index in [1.165, 1.54) is 16.5 Å². The predicted octanol–water partition coefficient (Wildman–Crippen LogP) is 5.71. The molecule has 6 heteroatoms. The van der Waals surface area contributed by atoms with Crippen molar-refractivity contribution in [2.45, 2.75) is 12.3 Å². The summed E-state index contributed by atoms with van der Waals surface area (Å²) >= 11 is 6.18. The van der Waals surface area contributed by atoms with Crippen LogP contribution in [-0.2, 0) is 11.8 Å². The van der Waals surface area contributed by atoms with Crippen LogP contribution in [0.15, 0.2) is 79.0 Å². The second-order valence-corrected chi connectivity index (χ2v) is 9.50. The highest BCUT2D eigenvalue weighted by Crippen LogP contribution is 2.36. The third-order valence-electron chi connectivity index (χ3n) is 7.01. The molecule has 1 aliphatic heterocycles. The first-order valence-corrected chi connectivity index (χ1v) is 12.4. The first kappa shape index (κ1) is 23.3. The van der Waals surface area contributed by atoms with Crippen molar-refractivity contribution in [3.8, 4) is 5.75 Å². The molecule has 1 aliphatic rings. The van der Waals surface area contributed by atoms with Crippen LogP contribution in [0.3, 0.4) is 0 Å². The third-order valence-corrected chi connectivity index (χ3v) is 7.26. The number of aryl methyl sites for hydroxylation is 1. The summed E-state index contributed by atoms with van der Waals surface area (Å²) in [6.45, 7) is 2.96. The molecule has 35 heavy (non-hydrogen) atoms. The number of fused-ring (bicyclic) bond motifs is 1. The summed E-state index contributed by atoms with van der Waals surface area (Å²) in [6, 6.07) is 24.3. The van der Waals surface area contributed by atoms with Crippen LogP contribution in [0.25, 0.3) is 10.9 Å². The molecule has 1 aromatic heterocycles. The molecule has 0 radical (unpaired) electrons. The number of ether oxygens (including phenoxy) is 1. The lowest BCUT2D eigenvalue weighted by atomic mass is 9.87. The number of rotatable bonds is 6. The van der Waals surface area contributed by atoms with Gasteiger partial charge >= 0.3 is 0 Å². The zero-order valence-electron chi connectivity index (χ0n) is 20.2. The van der Waals surface area contributed by atoms with Gasteiger partial charge in [-0.15, -0.1) is 0 Å². The second-order valence-electron chi connectivity index (χ2n) is 9.06. The van der Waals surface area contributed by atoms with Crippen molar-refractivity contribution in [1.29, 1.82) is 0 Å². The van der Waals surface area contributed by atoms with Gasteiger partial charge in [-0.1, -0.05) is 54.1 Å². The summed E-state index contributed by atoms with van der Waals surface area (Å²) in [7, 11) is 3.76. The number of carbonyl (C=O) groups excluding carboxylic acids is 1. The number of anilines is 1. The van der Waals surface area contributed by atoms with Gasteiger partial charge in [-0.2, -0.15) is 0 Å². The fourth-order valence-electron chi connectivity index (χ4n) is 5.14. The number of hydrogen-bond acceptors (Lipinski definition) is 3. The SMILES string of the molecule is COc1ccccc1N1CCN(C(=O)CC(c2ccc(Cl)cc2)c2cn(C)c3ccccc23)CC1. The molecule has 1 unspecified atom stereocenters. The van der Waals surface area contributed by atoms with Crippen LogP contribution in [-0.4, -0.2) is 48.7 Å². The van der Waals surface area contributed by atoms with E-state index in [2.05, 4.69) is 53.0 Å². The van der Waals surface area contributed by atoms with Crippen molar-refractivity contribution in [1.82, 2.24) is 9.47 Å². The highest BCUT2D eigenvalue weighted by Gasteiger charge is 2.27. The van der Waals surface area contributed by atoms with E-state index >= 15 is 0 Å². The van der Waals surface area contributed by atoms with Crippen LogP contribution < -0.4 is 9.64 Å². The summed E-state index contributed by atoms with van der Waals surface area (Å²) < 4.78 is 7.68. The smallest absolute Gasteiger partial charge is 0.223 e. The number of benzene rings is 3. The quantitative estimate of drug-likeness (QED) is 0.349. The molecule has 0 aliphatic carbocycles. The Morgan fingerprint density at radius 3 is 2.37 bits per heavy atom. The molecule has 2 heterocycles. The number of nitrogens with zero attached hydrogens (tertiary/aromatic N) is 3. The van der Waals surface area contributed by atoms with E-state index in [0.717, 1.165) is 30.1 Å². The van der Waals surface area contributed by atoms with Crippen molar-refractivity contribution >= 4 is 34.1 Å². The maximum absolute atomic E-state index is 13.6. The lowest BCUT2D eigenvalue weighted by Gasteiger charge is -2.37. The molecule has 180 valence electrons. The van der Waals surface area contributed by atoms with Crippen LogP contribution in [0.2, 0.25) is 5.02 Å². The molecule has 5 rings (SSSR count). The van der Waals surface area contributed by atoms with Gasteiger partial charge < -0.3 is 19.1 Å². The van der Waals surface area contributed by atoms with Gasteiger partial charge in [0.05, 0.1) is 12.8 Å². The number of methoxy groups -OCH3 is 1. The fourth-order valence-corrected chi connectivity index (χ4v) is 5.27. The molecular formula is C29H30ClN3O2. The van der Waals surface area contributed by atoms with E-state index in [1.54, 1.807) is 7.11 Å². The fraction of sp³-hybridized carbons (Fsp3) is 0.276. The zero-order valence-corrected chi connectivity index (χ0v) is 20.9. The number of halogens is 1. The van der Waals surface area contributed by atoms with Gasteiger partial charge in [0.15, 0.2) is 0 Å². The lowest BCUT2D eigenvalue weighted by Crippen LogP contribution is -2.49. The topological polar surface area (TPSA) is 37.7 Å². The Morgan fingerprint density at radius 2 is 1.63 bits per heavy atom. The Labute approximate surface area is 211 Å². The molecule has 0 bridgehead atoms. The normalized spacial score (nSPS) is 14.8. The van der Waals surface area contributed by atoms with Crippen molar-refractivity contribution in [2.75, 3.05) is 38.2 Å². The van der Waals surface area contributed by atoms with Crippen LogP contribution >= 0.6 is 11.6 Å². The average Bonchev–Trinajstić information content (AvgIpc) is 3.24. The molecule has 1 atom stereocenters. The van der Waals surface area contributed by atoms with E-state index in [0.29, 0.717) is 24.5 Å². The number of hydrogen-bond donors (Lipinski definition) is 0. The monoisotopic (exact) mass is 487 g/mol. The summed E-state index contributed by atoms with van der Waals surface area (Å²) in [6.07, 6.45) is 2.58. The number of aromatic nitrogens is 1. The van der Waals surface area contributed by atoms with E-state index in [4.69, 9.17) is 16.3 Å². The van der Waals surface area contributed by atoms with Crippen LogP contribution in [0.1, 0.15) is 23.5 Å². The Balaban J connectivity index is 1.37. The molecule has 3 aromatic carbocycles. The molecule has 5 nitrogen and oxygen atoms in total. The molecule has 1 saturated heterocycles. The minimum absolute atomic E-state index is 0.0434. The molecule has 4 aromatic rings. The minimum Gasteiger partial charge on any atom is -0.495 e. The molecule has 0 N–H and O–H groups in total. The van der Waals surface area contributed by atoms with Crippen LogP contribution in [0.4, 0.5) is 5.69 Å². The van der Waals surface area contributed by atoms with Gasteiger partial charge in [0.1, 0.15) is 5.75 Å². The summed E-state index contributed by atoms with van der Waals surface area (Å²) in [5.41, 5.74) is 4.52. The molecule has 0 saturated carbocycles. The lowest BCUT2D eigenvalue weighted by molar-refractivity contribution is -0.131. The molecule has 0 spiro atoms. The summed E-state index contributed by atoms with van der Waals surface area (Å²) in [4.78, 5) is 17.9. The number of carbonyl (C=O) groups is 1. The minimum atomic E-state index is -0.0434. The number of para-hydroxylation sites is 3. The number of piperazine rings is 1. The zero-order chi connectivity index (χ0) is 24.4. The Bertz CT molecular complexity index is 1320. The Kier molecular flexibility index (Phi) is 6.69. The average molecular weight is 488 g/mol. The van der Waals surface area contributed by atoms with Gasteiger partial charge in [-0.05, 0) is 41.5 Å². The predicted molar refractivity (Wildman–Crippen MR) is 143 cm³/mol. The molecule has 1 fully saturated rings. The van der Waals surface area contributed by atoms with E-state index in [9.17, 15) is 4.79 Å². The Hall–Kier alpha value is -3.44. The Morgan fingerprint density at radius 1 is 0.943 bits per heavy atom.